The second-order valence-corrected chi connectivity index (χ2v) is 7.93. The highest BCUT2D eigenvalue weighted by Gasteiger charge is 2.40. The minimum Gasteiger partial charge on any atom is -0.347 e. The summed E-state index contributed by atoms with van der Waals surface area (Å²) in [5, 5.41) is 5.08. The Morgan fingerprint density at radius 3 is 2.52 bits per heavy atom. The van der Waals surface area contributed by atoms with E-state index in [2.05, 4.69) is 10.2 Å². The summed E-state index contributed by atoms with van der Waals surface area (Å²) >= 11 is 1.58. The van der Waals surface area contributed by atoms with Crippen LogP contribution >= 0.6 is 11.3 Å². The van der Waals surface area contributed by atoms with Gasteiger partial charge in [0.1, 0.15) is 5.82 Å². The molecule has 1 spiro atoms. The first-order valence-corrected chi connectivity index (χ1v) is 10.1. The maximum atomic E-state index is 13.3. The highest BCUT2D eigenvalue weighted by molar-refractivity contribution is 7.10. The second-order valence-electron chi connectivity index (χ2n) is 6.95. The molecule has 144 valence electrons. The molecule has 0 bridgehead atoms. The lowest BCUT2D eigenvalue weighted by atomic mass is 10.0. The van der Waals surface area contributed by atoms with Crippen molar-refractivity contribution in [3.63, 3.8) is 0 Å². The Bertz CT molecular complexity index is 750. The Balaban J connectivity index is 1.38. The van der Waals surface area contributed by atoms with Gasteiger partial charge in [-0.15, -0.1) is 11.3 Å². The Morgan fingerprint density at radius 2 is 1.89 bits per heavy atom. The minimum absolute atomic E-state index is 0.0399. The number of likely N-dealkylation sites (tertiary alicyclic amines) is 1. The molecule has 1 atom stereocenters. The number of thiophene rings is 1. The fraction of sp³-hybridized carbons (Fsp3) is 0.450. The van der Waals surface area contributed by atoms with Crippen molar-refractivity contribution in [2.24, 2.45) is 0 Å². The van der Waals surface area contributed by atoms with E-state index in [1.54, 1.807) is 23.5 Å². The molecule has 1 aromatic heterocycles. The third-order valence-corrected chi connectivity index (χ3v) is 6.07. The molecule has 3 heterocycles. The number of piperidine rings is 1. The lowest BCUT2D eigenvalue weighted by molar-refractivity contribution is -0.185. The first-order chi connectivity index (χ1) is 13.1. The van der Waals surface area contributed by atoms with Crippen LogP contribution in [0.15, 0.2) is 41.8 Å². The number of rotatable bonds is 5. The predicted molar refractivity (Wildman–Crippen MR) is 101 cm³/mol. The predicted octanol–water partition coefficient (Wildman–Crippen LogP) is 2.93. The first-order valence-electron chi connectivity index (χ1n) is 9.22. The van der Waals surface area contributed by atoms with Crippen molar-refractivity contribution in [1.82, 2.24) is 10.2 Å². The molecular formula is C20H23FN2O3S. The average molecular weight is 390 g/mol. The van der Waals surface area contributed by atoms with E-state index in [0.29, 0.717) is 19.8 Å². The van der Waals surface area contributed by atoms with Gasteiger partial charge in [-0.1, -0.05) is 18.2 Å². The van der Waals surface area contributed by atoms with Crippen molar-refractivity contribution >= 4 is 17.2 Å². The van der Waals surface area contributed by atoms with Gasteiger partial charge in [-0.3, -0.25) is 9.69 Å². The molecule has 0 radical (unpaired) electrons. The fourth-order valence-electron chi connectivity index (χ4n) is 3.68. The van der Waals surface area contributed by atoms with Gasteiger partial charge in [0.25, 0.3) is 0 Å². The first kappa shape index (κ1) is 18.6. The molecule has 5 nitrogen and oxygen atoms in total. The van der Waals surface area contributed by atoms with Crippen LogP contribution in [0.25, 0.3) is 0 Å². The van der Waals surface area contributed by atoms with Crippen LogP contribution in [0.1, 0.15) is 29.3 Å². The zero-order chi connectivity index (χ0) is 18.7. The summed E-state index contributed by atoms with van der Waals surface area (Å²) in [5.74, 6) is -0.754. The molecular weight excluding hydrogens is 367 g/mol. The van der Waals surface area contributed by atoms with Crippen LogP contribution < -0.4 is 5.32 Å². The molecule has 1 N–H and O–H groups in total. The Kier molecular flexibility index (Phi) is 5.54. The summed E-state index contributed by atoms with van der Waals surface area (Å²) in [7, 11) is 0. The second kappa shape index (κ2) is 8.06. The number of amides is 1. The molecule has 2 aromatic rings. The lowest BCUT2D eigenvalue weighted by Crippen LogP contribution is -2.48. The van der Waals surface area contributed by atoms with Crippen LogP contribution in [0.2, 0.25) is 0 Å². The van der Waals surface area contributed by atoms with Crippen LogP contribution in [0.5, 0.6) is 0 Å². The lowest BCUT2D eigenvalue weighted by Gasteiger charge is -2.37. The van der Waals surface area contributed by atoms with Crippen LogP contribution in [-0.2, 0) is 14.3 Å². The maximum absolute atomic E-state index is 13.3. The van der Waals surface area contributed by atoms with Crippen molar-refractivity contribution in [2.45, 2.75) is 24.7 Å². The summed E-state index contributed by atoms with van der Waals surface area (Å²) in [6, 6.07) is 9.96. The van der Waals surface area contributed by atoms with Crippen LogP contribution in [-0.4, -0.2) is 49.4 Å². The summed E-state index contributed by atoms with van der Waals surface area (Å²) in [6.07, 6.45) is 1.57. The monoisotopic (exact) mass is 390 g/mol. The van der Waals surface area contributed by atoms with Crippen LogP contribution in [0.4, 0.5) is 4.39 Å². The number of nitrogens with zero attached hydrogens (tertiary/aromatic N) is 1. The van der Waals surface area contributed by atoms with Crippen LogP contribution in [0, 0.1) is 5.82 Å². The summed E-state index contributed by atoms with van der Waals surface area (Å²) in [6.45, 7) is 3.18. The number of nitrogens with one attached hydrogen (secondary N) is 1. The van der Waals surface area contributed by atoms with Crippen molar-refractivity contribution in [1.29, 1.82) is 0 Å². The fourth-order valence-corrected chi connectivity index (χ4v) is 4.48. The van der Waals surface area contributed by atoms with Gasteiger partial charge in [0, 0.05) is 30.8 Å². The topological polar surface area (TPSA) is 50.8 Å². The number of hydrogen-bond donors (Lipinski definition) is 1. The normalized spacial score (nSPS) is 20.6. The van der Waals surface area contributed by atoms with Gasteiger partial charge in [-0.05, 0) is 29.1 Å². The highest BCUT2D eigenvalue weighted by atomic mass is 32.1. The zero-order valence-electron chi connectivity index (χ0n) is 15.0. The van der Waals surface area contributed by atoms with E-state index in [1.807, 2.05) is 17.5 Å². The Morgan fingerprint density at radius 1 is 1.19 bits per heavy atom. The summed E-state index contributed by atoms with van der Waals surface area (Å²) < 4.78 is 24.8. The van der Waals surface area contributed by atoms with Gasteiger partial charge in [-0.2, -0.15) is 0 Å². The standard InChI is InChI=1S/C20H23FN2O3S/c21-16-5-3-15(4-6-16)19(17-2-1-13-27-17)22-18(24)14-23-9-7-20(8-10-23)25-11-12-26-20/h1-6,13,19H,7-12,14H2,(H,22,24). The Hall–Kier alpha value is -1.80. The quantitative estimate of drug-likeness (QED) is 0.853. The molecule has 4 rings (SSSR count). The van der Waals surface area contributed by atoms with Gasteiger partial charge in [-0.25, -0.2) is 4.39 Å². The largest absolute Gasteiger partial charge is 0.347 e. The smallest absolute Gasteiger partial charge is 0.234 e. The van der Waals surface area contributed by atoms with Gasteiger partial charge in [0.05, 0.1) is 25.8 Å². The van der Waals surface area contributed by atoms with Crippen molar-refractivity contribution in [3.8, 4) is 0 Å². The van der Waals surface area contributed by atoms with Gasteiger partial charge >= 0.3 is 0 Å². The number of carbonyl (C=O) groups is 1. The summed E-state index contributed by atoms with van der Waals surface area (Å²) in [5.41, 5.74) is 0.873. The average Bonchev–Trinajstić information content (AvgIpc) is 3.35. The Labute approximate surface area is 162 Å². The van der Waals surface area contributed by atoms with Gasteiger partial charge in [0.15, 0.2) is 5.79 Å². The van der Waals surface area contributed by atoms with Gasteiger partial charge < -0.3 is 14.8 Å². The van der Waals surface area contributed by atoms with Crippen molar-refractivity contribution in [2.75, 3.05) is 32.8 Å². The van der Waals surface area contributed by atoms with E-state index in [1.165, 1.54) is 12.1 Å². The third-order valence-electron chi connectivity index (χ3n) is 5.13. The number of halogens is 1. The van der Waals surface area contributed by atoms with E-state index in [4.69, 9.17) is 9.47 Å². The third kappa shape index (κ3) is 4.38. The molecule has 2 fully saturated rings. The van der Waals surface area contributed by atoms with Gasteiger partial charge in [0.2, 0.25) is 5.91 Å². The number of hydrogen-bond acceptors (Lipinski definition) is 5. The SMILES string of the molecule is O=C(CN1CCC2(CC1)OCCO2)NC(c1ccc(F)cc1)c1cccs1. The molecule has 2 aliphatic heterocycles. The van der Waals surface area contributed by atoms with E-state index < -0.39 is 5.79 Å². The van der Waals surface area contributed by atoms with Crippen LogP contribution in [0.3, 0.4) is 0 Å². The van der Waals surface area contributed by atoms with E-state index in [9.17, 15) is 9.18 Å². The molecule has 2 saturated heterocycles. The van der Waals surface area contributed by atoms with Crippen molar-refractivity contribution < 1.29 is 18.7 Å². The zero-order valence-corrected chi connectivity index (χ0v) is 15.8. The molecule has 1 aromatic carbocycles. The molecule has 1 amide bonds. The maximum Gasteiger partial charge on any atom is 0.234 e. The number of benzene rings is 1. The molecule has 1 unspecified atom stereocenters. The van der Waals surface area contributed by atoms with E-state index in [0.717, 1.165) is 36.4 Å². The van der Waals surface area contributed by atoms with E-state index >= 15 is 0 Å². The van der Waals surface area contributed by atoms with Crippen molar-refractivity contribution in [3.05, 3.63) is 58.0 Å². The molecule has 0 saturated carbocycles. The molecule has 0 aliphatic carbocycles. The molecule has 27 heavy (non-hydrogen) atoms. The number of ether oxygens (including phenoxy) is 2. The molecule has 2 aliphatic rings. The summed E-state index contributed by atoms with van der Waals surface area (Å²) in [4.78, 5) is 15.8. The number of carbonyl (C=O) groups excluding carboxylic acids is 1. The highest BCUT2D eigenvalue weighted by Crippen LogP contribution is 2.31. The molecule has 7 heteroatoms. The van der Waals surface area contributed by atoms with E-state index in [-0.39, 0.29) is 17.8 Å². The minimum atomic E-state index is -0.430.